The normalized spacial score (nSPS) is 11.8. The number of aromatic hydroxyl groups is 1. The summed E-state index contributed by atoms with van der Waals surface area (Å²) < 4.78 is 14.5. The SMILES string of the molecule is Cc1cc2c(NC(=O)CC(=O)O)cccc2n1Cc1ccc(O)c(C(C)COc2ccc(Oc3c(Cl)cc(CC(=O)O)cc3Cl)cc2C(C)C)c1. The second kappa shape index (κ2) is 15.8. The molecule has 0 aliphatic rings. The van der Waals surface area contributed by atoms with Crippen molar-refractivity contribution >= 4 is 57.6 Å². The van der Waals surface area contributed by atoms with Crippen LogP contribution in [0.1, 0.15) is 67.0 Å². The van der Waals surface area contributed by atoms with Crippen molar-refractivity contribution in [2.24, 2.45) is 0 Å². The van der Waals surface area contributed by atoms with Crippen LogP contribution in [0.5, 0.6) is 23.0 Å². The summed E-state index contributed by atoms with van der Waals surface area (Å²) in [5.41, 5.74) is 5.40. The van der Waals surface area contributed by atoms with Crippen molar-refractivity contribution in [2.75, 3.05) is 11.9 Å². The molecule has 1 atom stereocenters. The van der Waals surface area contributed by atoms with E-state index in [1.807, 2.05) is 70.2 Å². The van der Waals surface area contributed by atoms with Crippen molar-refractivity contribution in [3.8, 4) is 23.0 Å². The summed E-state index contributed by atoms with van der Waals surface area (Å²) in [7, 11) is 0. The average molecular weight is 734 g/mol. The molecule has 0 bridgehead atoms. The molecular weight excluding hydrogens is 695 g/mol. The number of nitrogens with one attached hydrogen (secondary N) is 1. The Bertz CT molecular complexity index is 2100. The third kappa shape index (κ3) is 8.95. The van der Waals surface area contributed by atoms with Crippen LogP contribution in [0, 0.1) is 6.92 Å². The molecule has 0 saturated carbocycles. The number of phenols is 1. The van der Waals surface area contributed by atoms with Crippen molar-refractivity contribution in [3.63, 3.8) is 0 Å². The van der Waals surface area contributed by atoms with Crippen molar-refractivity contribution in [1.82, 2.24) is 4.57 Å². The summed E-state index contributed by atoms with van der Waals surface area (Å²) in [6, 6.07) is 21.4. The average Bonchev–Trinajstić information content (AvgIpc) is 3.37. The Labute approximate surface area is 305 Å². The van der Waals surface area contributed by atoms with E-state index in [-0.39, 0.29) is 46.4 Å². The minimum absolute atomic E-state index is 0.0742. The Morgan fingerprint density at radius 2 is 1.59 bits per heavy atom. The summed E-state index contributed by atoms with van der Waals surface area (Å²) >= 11 is 12.8. The smallest absolute Gasteiger partial charge is 0.312 e. The summed E-state index contributed by atoms with van der Waals surface area (Å²) in [4.78, 5) is 34.2. The molecule has 0 fully saturated rings. The zero-order valence-electron chi connectivity index (χ0n) is 28.5. The van der Waals surface area contributed by atoms with Gasteiger partial charge in [0.05, 0.1) is 34.3 Å². The number of carbonyl (C=O) groups excluding carboxylic acids is 1. The number of carboxylic acids is 2. The number of nitrogens with zero attached hydrogens (tertiary/aromatic N) is 1. The second-order valence-corrected chi connectivity index (χ2v) is 13.6. The van der Waals surface area contributed by atoms with Gasteiger partial charge in [-0.15, -0.1) is 0 Å². The van der Waals surface area contributed by atoms with Crippen LogP contribution in [-0.2, 0) is 27.3 Å². The summed E-state index contributed by atoms with van der Waals surface area (Å²) in [6.07, 6.45) is -0.833. The number of fused-ring (bicyclic) bond motifs is 1. The zero-order valence-corrected chi connectivity index (χ0v) is 30.0. The Morgan fingerprint density at radius 1 is 0.863 bits per heavy atom. The maximum Gasteiger partial charge on any atom is 0.312 e. The first-order chi connectivity index (χ1) is 24.2. The molecule has 0 aliphatic carbocycles. The van der Waals surface area contributed by atoms with Gasteiger partial charge in [0.15, 0.2) is 5.75 Å². The van der Waals surface area contributed by atoms with Crippen LogP contribution in [0.25, 0.3) is 10.9 Å². The first kappa shape index (κ1) is 37.1. The number of hydrogen-bond acceptors (Lipinski definition) is 6. The number of aliphatic carboxylic acids is 2. The first-order valence-electron chi connectivity index (χ1n) is 16.3. The Morgan fingerprint density at radius 3 is 2.25 bits per heavy atom. The first-order valence-corrected chi connectivity index (χ1v) is 17.0. The Hall–Kier alpha value is -5.19. The molecule has 0 spiro atoms. The van der Waals surface area contributed by atoms with Gasteiger partial charge in [0.25, 0.3) is 0 Å². The van der Waals surface area contributed by atoms with Crippen LogP contribution in [0.4, 0.5) is 5.69 Å². The highest BCUT2D eigenvalue weighted by Gasteiger charge is 2.19. The molecule has 4 aromatic carbocycles. The molecule has 0 radical (unpaired) electrons. The molecule has 1 amide bonds. The van der Waals surface area contributed by atoms with E-state index in [1.165, 1.54) is 12.1 Å². The summed E-state index contributed by atoms with van der Waals surface area (Å²) in [5.74, 6) is -1.36. The number of aromatic nitrogens is 1. The van der Waals surface area contributed by atoms with E-state index in [2.05, 4.69) is 9.88 Å². The van der Waals surface area contributed by atoms with Crippen LogP contribution >= 0.6 is 23.2 Å². The lowest BCUT2D eigenvalue weighted by Gasteiger charge is -2.20. The van der Waals surface area contributed by atoms with Gasteiger partial charge in [-0.05, 0) is 84.6 Å². The minimum atomic E-state index is -1.20. The Balaban J connectivity index is 1.31. The van der Waals surface area contributed by atoms with Gasteiger partial charge in [0, 0.05) is 34.7 Å². The predicted octanol–water partition coefficient (Wildman–Crippen LogP) is 9.15. The molecule has 1 heterocycles. The number of rotatable bonds is 14. The molecule has 1 unspecified atom stereocenters. The lowest BCUT2D eigenvalue weighted by Crippen LogP contribution is -2.16. The zero-order chi connectivity index (χ0) is 37.0. The molecule has 12 heteroatoms. The number of phenolic OH excluding ortho intramolecular Hbond substituents is 1. The van der Waals surface area contributed by atoms with Gasteiger partial charge in [-0.2, -0.15) is 0 Å². The van der Waals surface area contributed by atoms with Crippen LogP contribution in [0.2, 0.25) is 10.0 Å². The van der Waals surface area contributed by atoms with Gasteiger partial charge in [0.1, 0.15) is 23.7 Å². The van der Waals surface area contributed by atoms with Crippen molar-refractivity contribution in [2.45, 2.75) is 58.9 Å². The van der Waals surface area contributed by atoms with Gasteiger partial charge in [0.2, 0.25) is 5.91 Å². The number of halogens is 2. The number of hydrogen-bond donors (Lipinski definition) is 4. The number of carbonyl (C=O) groups is 3. The maximum atomic E-state index is 12.2. The van der Waals surface area contributed by atoms with E-state index in [0.29, 0.717) is 29.3 Å². The van der Waals surface area contributed by atoms with Crippen LogP contribution in [-0.4, -0.2) is 44.3 Å². The molecule has 1 aromatic heterocycles. The molecule has 5 rings (SSSR count). The number of anilines is 1. The van der Waals surface area contributed by atoms with Crippen molar-refractivity contribution in [3.05, 3.63) is 111 Å². The standard InChI is InChI=1S/C39H38Cl2N2O8/c1-21(2)27-17-26(51-39-30(40)14-25(15-31(39)41)16-37(46)47)9-11-35(27)50-20-22(3)28-13-24(8-10-34(28)44)19-43-23(4)12-29-32(6-5-7-33(29)43)42-36(45)18-38(48)49/h5-15,17,21-22,44H,16,18-20H2,1-4H3,(H,42,45)(H,46,47)(H,48,49). The van der Waals surface area contributed by atoms with E-state index in [1.54, 1.807) is 18.2 Å². The highest BCUT2D eigenvalue weighted by Crippen LogP contribution is 2.40. The van der Waals surface area contributed by atoms with E-state index in [0.717, 1.165) is 33.3 Å². The van der Waals surface area contributed by atoms with Crippen molar-refractivity contribution in [1.29, 1.82) is 0 Å². The third-order valence-corrected chi connectivity index (χ3v) is 8.99. The van der Waals surface area contributed by atoms with Gasteiger partial charge in [-0.3, -0.25) is 14.4 Å². The fourth-order valence-electron chi connectivity index (χ4n) is 5.93. The lowest BCUT2D eigenvalue weighted by atomic mass is 9.98. The van der Waals surface area contributed by atoms with Crippen molar-refractivity contribution < 1.29 is 39.2 Å². The second-order valence-electron chi connectivity index (χ2n) is 12.7. The maximum absolute atomic E-state index is 12.2. The number of carboxylic acid groups (broad SMARTS) is 2. The van der Waals surface area contributed by atoms with E-state index in [4.69, 9.17) is 42.9 Å². The van der Waals surface area contributed by atoms with E-state index >= 15 is 0 Å². The third-order valence-electron chi connectivity index (χ3n) is 8.43. The monoisotopic (exact) mass is 732 g/mol. The number of aryl methyl sites for hydroxylation is 1. The fraction of sp³-hybridized carbons (Fsp3) is 0.256. The highest BCUT2D eigenvalue weighted by atomic mass is 35.5. The molecular formula is C39H38Cl2N2O8. The fourth-order valence-corrected chi connectivity index (χ4v) is 6.54. The largest absolute Gasteiger partial charge is 0.508 e. The summed E-state index contributed by atoms with van der Waals surface area (Å²) in [6.45, 7) is 8.79. The molecule has 0 aliphatic heterocycles. The van der Waals surface area contributed by atoms with E-state index in [9.17, 15) is 19.5 Å². The quantitative estimate of drug-likeness (QED) is 0.0827. The number of ether oxygens (including phenoxy) is 2. The minimum Gasteiger partial charge on any atom is -0.508 e. The van der Waals surface area contributed by atoms with Crippen LogP contribution in [0.15, 0.2) is 72.8 Å². The molecule has 5 aromatic rings. The molecule has 266 valence electrons. The highest BCUT2D eigenvalue weighted by molar-refractivity contribution is 6.37. The lowest BCUT2D eigenvalue weighted by molar-refractivity contribution is -0.140. The Kier molecular flexibility index (Phi) is 11.5. The number of benzene rings is 4. The van der Waals surface area contributed by atoms with Crippen LogP contribution < -0.4 is 14.8 Å². The van der Waals surface area contributed by atoms with Gasteiger partial charge >= 0.3 is 11.9 Å². The molecule has 0 saturated heterocycles. The van der Waals surface area contributed by atoms with Gasteiger partial charge in [-0.1, -0.05) is 56.1 Å². The van der Waals surface area contributed by atoms with Gasteiger partial charge < -0.3 is 34.7 Å². The predicted molar refractivity (Wildman–Crippen MR) is 197 cm³/mol. The molecule has 10 nitrogen and oxygen atoms in total. The van der Waals surface area contributed by atoms with Crippen LogP contribution in [0.3, 0.4) is 0 Å². The van der Waals surface area contributed by atoms with Gasteiger partial charge in [-0.25, -0.2) is 0 Å². The summed E-state index contributed by atoms with van der Waals surface area (Å²) in [5, 5.41) is 32.8. The molecule has 51 heavy (non-hydrogen) atoms. The van der Waals surface area contributed by atoms with E-state index < -0.39 is 24.3 Å². The number of amides is 1. The topological polar surface area (TPSA) is 147 Å². The molecule has 4 N–H and O–H groups in total.